The average molecular weight is 523 g/mol. The monoisotopic (exact) mass is 522 g/mol. The number of ether oxygens (including phenoxy) is 3. The molecule has 2 aromatic carbocycles. The maximum atomic E-state index is 13.8. The number of benzene rings is 2. The molecular formula is C29H38N4O5. The molecule has 9 nitrogen and oxygen atoms in total. The number of hydrogen-bond acceptors (Lipinski definition) is 7. The van der Waals surface area contributed by atoms with Gasteiger partial charge in [-0.05, 0) is 35.9 Å². The standard InChI is InChI=1S/C29H38N4O5/c1-21(2)29(35)32(14-13-31-15-17-38-18-16-31)20-28(34)33-26(24-7-5-6-8-27(24)37-4)19-25(30-33)22-9-11-23(36-3)12-10-22/h5-12,21,26H,13-20H2,1-4H3/t26-/m0/s1. The molecule has 2 aliphatic heterocycles. The van der Waals surface area contributed by atoms with Crippen molar-refractivity contribution in [2.75, 3.05) is 60.2 Å². The van der Waals surface area contributed by atoms with Gasteiger partial charge in [-0.3, -0.25) is 14.5 Å². The van der Waals surface area contributed by atoms with Gasteiger partial charge in [0.15, 0.2) is 0 Å². The minimum Gasteiger partial charge on any atom is -0.497 e. The quantitative estimate of drug-likeness (QED) is 0.477. The van der Waals surface area contributed by atoms with Crippen LogP contribution in [0.5, 0.6) is 11.5 Å². The Morgan fingerprint density at radius 1 is 1.05 bits per heavy atom. The highest BCUT2D eigenvalue weighted by atomic mass is 16.5. The van der Waals surface area contributed by atoms with E-state index in [1.807, 2.05) is 62.4 Å². The van der Waals surface area contributed by atoms with Gasteiger partial charge in [0.25, 0.3) is 5.91 Å². The van der Waals surface area contributed by atoms with E-state index in [2.05, 4.69) is 4.90 Å². The molecule has 0 spiro atoms. The number of para-hydroxylation sites is 1. The van der Waals surface area contributed by atoms with Gasteiger partial charge in [0.05, 0.1) is 39.2 Å². The summed E-state index contributed by atoms with van der Waals surface area (Å²) in [5.74, 6) is 0.974. The van der Waals surface area contributed by atoms with E-state index in [-0.39, 0.29) is 30.3 Å². The third kappa shape index (κ3) is 6.52. The lowest BCUT2D eigenvalue weighted by Gasteiger charge is -2.32. The molecule has 2 aliphatic rings. The topological polar surface area (TPSA) is 83.9 Å². The molecule has 0 unspecified atom stereocenters. The molecule has 2 heterocycles. The van der Waals surface area contributed by atoms with Crippen molar-refractivity contribution in [2.24, 2.45) is 11.0 Å². The minimum absolute atomic E-state index is 0.0353. The van der Waals surface area contributed by atoms with Crippen LogP contribution in [0.2, 0.25) is 0 Å². The van der Waals surface area contributed by atoms with Gasteiger partial charge in [-0.25, -0.2) is 5.01 Å². The van der Waals surface area contributed by atoms with Crippen LogP contribution in [0.3, 0.4) is 0 Å². The van der Waals surface area contributed by atoms with Crippen molar-refractivity contribution < 1.29 is 23.8 Å². The van der Waals surface area contributed by atoms with E-state index in [0.29, 0.717) is 38.5 Å². The largest absolute Gasteiger partial charge is 0.497 e. The molecule has 2 aromatic rings. The van der Waals surface area contributed by atoms with Crippen LogP contribution < -0.4 is 9.47 Å². The van der Waals surface area contributed by atoms with Crippen molar-refractivity contribution in [3.05, 3.63) is 59.7 Å². The van der Waals surface area contributed by atoms with Gasteiger partial charge in [-0.1, -0.05) is 32.0 Å². The van der Waals surface area contributed by atoms with Crippen molar-refractivity contribution in [1.82, 2.24) is 14.8 Å². The zero-order valence-corrected chi connectivity index (χ0v) is 22.8. The Hall–Kier alpha value is -3.43. The first-order chi connectivity index (χ1) is 18.4. The highest BCUT2D eigenvalue weighted by Crippen LogP contribution is 2.37. The SMILES string of the molecule is COc1ccc(C2=NN(C(=O)CN(CCN3CCOCC3)C(=O)C(C)C)[C@H](c3ccccc3OC)C2)cc1. The van der Waals surface area contributed by atoms with Crippen LogP contribution in [0.15, 0.2) is 53.6 Å². The average Bonchev–Trinajstić information content (AvgIpc) is 3.41. The van der Waals surface area contributed by atoms with Crippen LogP contribution in [0.1, 0.15) is 37.4 Å². The third-order valence-corrected chi connectivity index (χ3v) is 7.01. The molecule has 0 bridgehead atoms. The van der Waals surface area contributed by atoms with E-state index in [4.69, 9.17) is 19.3 Å². The number of hydrogen-bond donors (Lipinski definition) is 0. The lowest BCUT2D eigenvalue weighted by molar-refractivity contribution is -0.143. The number of carbonyl (C=O) groups is 2. The van der Waals surface area contributed by atoms with Gasteiger partial charge < -0.3 is 19.1 Å². The number of amides is 2. The molecule has 38 heavy (non-hydrogen) atoms. The molecule has 1 fully saturated rings. The van der Waals surface area contributed by atoms with Gasteiger partial charge in [0.2, 0.25) is 5.91 Å². The molecule has 0 N–H and O–H groups in total. The Morgan fingerprint density at radius 2 is 1.76 bits per heavy atom. The molecular weight excluding hydrogens is 484 g/mol. The molecule has 2 amide bonds. The summed E-state index contributed by atoms with van der Waals surface area (Å²) >= 11 is 0. The molecule has 0 aliphatic carbocycles. The summed E-state index contributed by atoms with van der Waals surface area (Å²) in [6.45, 7) is 7.90. The zero-order chi connectivity index (χ0) is 27.1. The molecule has 0 aromatic heterocycles. The Bertz CT molecular complexity index is 1130. The molecule has 9 heteroatoms. The first kappa shape index (κ1) is 27.6. The molecule has 0 saturated carbocycles. The number of morpholine rings is 1. The molecule has 0 radical (unpaired) electrons. The third-order valence-electron chi connectivity index (χ3n) is 7.01. The smallest absolute Gasteiger partial charge is 0.262 e. The Balaban J connectivity index is 1.59. The first-order valence-corrected chi connectivity index (χ1v) is 13.2. The van der Waals surface area contributed by atoms with Crippen molar-refractivity contribution in [1.29, 1.82) is 0 Å². The number of carbonyl (C=O) groups excluding carboxylic acids is 2. The normalized spacial score (nSPS) is 17.9. The van der Waals surface area contributed by atoms with Crippen LogP contribution in [-0.2, 0) is 14.3 Å². The molecule has 1 saturated heterocycles. The Labute approximate surface area is 224 Å². The second kappa shape index (κ2) is 12.9. The van der Waals surface area contributed by atoms with Crippen LogP contribution in [0.4, 0.5) is 0 Å². The summed E-state index contributed by atoms with van der Waals surface area (Å²) in [5, 5.41) is 6.33. The fraction of sp³-hybridized carbons (Fsp3) is 0.483. The van der Waals surface area contributed by atoms with Gasteiger partial charge in [-0.15, -0.1) is 0 Å². The van der Waals surface area contributed by atoms with Gasteiger partial charge in [-0.2, -0.15) is 5.10 Å². The minimum atomic E-state index is -0.342. The van der Waals surface area contributed by atoms with E-state index >= 15 is 0 Å². The molecule has 204 valence electrons. The second-order valence-corrected chi connectivity index (χ2v) is 9.84. The first-order valence-electron chi connectivity index (χ1n) is 13.2. The predicted octanol–water partition coefficient (Wildman–Crippen LogP) is 3.20. The number of rotatable bonds is 10. The Morgan fingerprint density at radius 3 is 2.42 bits per heavy atom. The summed E-state index contributed by atoms with van der Waals surface area (Å²) in [7, 11) is 3.25. The second-order valence-electron chi connectivity index (χ2n) is 9.84. The van der Waals surface area contributed by atoms with Crippen molar-refractivity contribution in [3.63, 3.8) is 0 Å². The van der Waals surface area contributed by atoms with Crippen molar-refractivity contribution in [3.8, 4) is 11.5 Å². The van der Waals surface area contributed by atoms with E-state index in [0.717, 1.165) is 35.7 Å². The van der Waals surface area contributed by atoms with E-state index in [1.54, 1.807) is 19.1 Å². The van der Waals surface area contributed by atoms with Crippen LogP contribution in [-0.4, -0.2) is 92.5 Å². The maximum Gasteiger partial charge on any atom is 0.262 e. The van der Waals surface area contributed by atoms with Crippen molar-refractivity contribution in [2.45, 2.75) is 26.3 Å². The predicted molar refractivity (Wildman–Crippen MR) is 145 cm³/mol. The number of nitrogens with zero attached hydrogens (tertiary/aromatic N) is 4. The van der Waals surface area contributed by atoms with Gasteiger partial charge in [0, 0.05) is 44.1 Å². The summed E-state index contributed by atoms with van der Waals surface area (Å²) < 4.78 is 16.4. The number of hydrazone groups is 1. The summed E-state index contributed by atoms with van der Waals surface area (Å²) in [6, 6.07) is 15.0. The van der Waals surface area contributed by atoms with Gasteiger partial charge in [0.1, 0.15) is 18.0 Å². The van der Waals surface area contributed by atoms with Crippen LogP contribution >= 0.6 is 0 Å². The van der Waals surface area contributed by atoms with E-state index in [9.17, 15) is 9.59 Å². The molecule has 1 atom stereocenters. The maximum absolute atomic E-state index is 13.8. The fourth-order valence-electron chi connectivity index (χ4n) is 4.84. The highest BCUT2D eigenvalue weighted by Gasteiger charge is 2.36. The van der Waals surface area contributed by atoms with Gasteiger partial charge >= 0.3 is 0 Å². The van der Waals surface area contributed by atoms with Crippen molar-refractivity contribution >= 4 is 17.5 Å². The lowest BCUT2D eigenvalue weighted by atomic mass is 9.97. The fourth-order valence-corrected chi connectivity index (χ4v) is 4.84. The lowest BCUT2D eigenvalue weighted by Crippen LogP contribution is -2.47. The van der Waals surface area contributed by atoms with E-state index in [1.165, 1.54) is 5.01 Å². The summed E-state index contributed by atoms with van der Waals surface area (Å²) in [5.41, 5.74) is 2.60. The van der Waals surface area contributed by atoms with Crippen LogP contribution in [0, 0.1) is 5.92 Å². The summed E-state index contributed by atoms with van der Waals surface area (Å²) in [4.78, 5) is 30.9. The summed E-state index contributed by atoms with van der Waals surface area (Å²) in [6.07, 6.45) is 0.532. The van der Waals surface area contributed by atoms with E-state index < -0.39 is 0 Å². The van der Waals surface area contributed by atoms with Crippen LogP contribution in [0.25, 0.3) is 0 Å². The zero-order valence-electron chi connectivity index (χ0n) is 22.8. The highest BCUT2D eigenvalue weighted by molar-refractivity contribution is 6.03. The molecule has 4 rings (SSSR count). The Kier molecular flexibility index (Phi) is 9.36. The number of methoxy groups -OCH3 is 2.